The zero-order chi connectivity index (χ0) is 14.6. The lowest BCUT2D eigenvalue weighted by Gasteiger charge is -2.34. The first-order valence-corrected chi connectivity index (χ1v) is 8.83. The van der Waals surface area contributed by atoms with E-state index < -0.39 is 16.0 Å². The smallest absolute Gasteiger partial charge is 0.329 e. The van der Waals surface area contributed by atoms with E-state index in [9.17, 15) is 13.2 Å². The van der Waals surface area contributed by atoms with E-state index in [-0.39, 0.29) is 18.0 Å². The van der Waals surface area contributed by atoms with Crippen LogP contribution < -0.4 is 0 Å². The van der Waals surface area contributed by atoms with Crippen molar-refractivity contribution in [3.8, 4) is 0 Å². The summed E-state index contributed by atoms with van der Waals surface area (Å²) in [6, 6.07) is 0. The number of carboxylic acid groups (broad SMARTS) is 1. The van der Waals surface area contributed by atoms with Gasteiger partial charge >= 0.3 is 5.97 Å². The van der Waals surface area contributed by atoms with Crippen LogP contribution in [0.15, 0.2) is 0 Å². The van der Waals surface area contributed by atoms with Crippen LogP contribution in [-0.4, -0.2) is 54.8 Å². The van der Waals surface area contributed by atoms with Crippen molar-refractivity contribution in [3.05, 3.63) is 0 Å². The van der Waals surface area contributed by atoms with Crippen LogP contribution >= 0.6 is 0 Å². The first-order chi connectivity index (χ1) is 9.50. The molecule has 0 aromatic carbocycles. The Balaban J connectivity index is 1.84. The van der Waals surface area contributed by atoms with E-state index in [0.717, 1.165) is 32.1 Å². The van der Waals surface area contributed by atoms with Crippen LogP contribution in [0.3, 0.4) is 0 Å². The normalized spacial score (nSPS) is 23.8. The minimum absolute atomic E-state index is 0.135. The van der Waals surface area contributed by atoms with Gasteiger partial charge in [-0.15, -0.1) is 0 Å². The molecule has 2 aliphatic rings. The summed E-state index contributed by atoms with van der Waals surface area (Å²) in [5.74, 6) is -0.984. The quantitative estimate of drug-likeness (QED) is 0.825. The fourth-order valence-electron chi connectivity index (χ4n) is 3.02. The van der Waals surface area contributed by atoms with Gasteiger partial charge in [-0.2, -0.15) is 0 Å². The third-order valence-electron chi connectivity index (χ3n) is 4.18. The zero-order valence-corrected chi connectivity index (χ0v) is 12.5. The Morgan fingerprint density at radius 1 is 1.10 bits per heavy atom. The minimum atomic E-state index is -3.18. The molecule has 116 valence electrons. The van der Waals surface area contributed by atoms with Crippen molar-refractivity contribution in [3.63, 3.8) is 0 Å². The number of nitrogens with zero attached hydrogens (tertiary/aromatic N) is 1. The molecule has 0 spiro atoms. The number of rotatable bonds is 5. The van der Waals surface area contributed by atoms with Crippen molar-refractivity contribution in [2.75, 3.05) is 19.7 Å². The molecule has 1 saturated heterocycles. The molecule has 1 saturated carbocycles. The summed E-state index contributed by atoms with van der Waals surface area (Å²) in [5.41, 5.74) is 0. The van der Waals surface area contributed by atoms with Crippen LogP contribution in [-0.2, 0) is 19.6 Å². The average molecular weight is 305 g/mol. The molecule has 1 heterocycles. The summed E-state index contributed by atoms with van der Waals surface area (Å²) in [7, 11) is -3.18. The lowest BCUT2D eigenvalue weighted by Crippen LogP contribution is -2.45. The Morgan fingerprint density at radius 3 is 2.25 bits per heavy atom. The van der Waals surface area contributed by atoms with E-state index in [2.05, 4.69) is 0 Å². The van der Waals surface area contributed by atoms with E-state index >= 15 is 0 Å². The molecule has 0 unspecified atom stereocenters. The number of carboxylic acids is 1. The van der Waals surface area contributed by atoms with Gasteiger partial charge in [-0.25, -0.2) is 17.5 Å². The number of sulfonamides is 1. The second kappa shape index (κ2) is 6.87. The largest absolute Gasteiger partial charge is 0.480 e. The molecule has 0 radical (unpaired) electrons. The van der Waals surface area contributed by atoms with Gasteiger partial charge in [-0.05, 0) is 25.7 Å². The van der Waals surface area contributed by atoms with Gasteiger partial charge in [-0.1, -0.05) is 19.3 Å². The fourth-order valence-corrected chi connectivity index (χ4v) is 5.09. The highest BCUT2D eigenvalue weighted by Gasteiger charge is 2.35. The summed E-state index contributed by atoms with van der Waals surface area (Å²) in [6.07, 6.45) is 5.72. The topological polar surface area (TPSA) is 83.9 Å². The first kappa shape index (κ1) is 15.7. The summed E-state index contributed by atoms with van der Waals surface area (Å²) in [5, 5.41) is 8.35. The Hall–Kier alpha value is -0.660. The van der Waals surface area contributed by atoms with Crippen LogP contribution in [0.4, 0.5) is 0 Å². The molecule has 2 rings (SSSR count). The summed E-state index contributed by atoms with van der Waals surface area (Å²) in [4.78, 5) is 10.4. The Labute approximate surface area is 120 Å². The predicted octanol–water partition coefficient (Wildman–Crippen LogP) is 1.21. The van der Waals surface area contributed by atoms with Gasteiger partial charge in [0.1, 0.15) is 6.61 Å². The molecule has 1 aliphatic carbocycles. The fraction of sp³-hybridized carbons (Fsp3) is 0.923. The molecule has 2 fully saturated rings. The SMILES string of the molecule is O=C(O)COC1CCN(S(=O)(=O)C2CCCCC2)CC1. The molecule has 1 aliphatic heterocycles. The van der Waals surface area contributed by atoms with Crippen LogP contribution in [0.25, 0.3) is 0 Å². The Morgan fingerprint density at radius 2 is 1.70 bits per heavy atom. The van der Waals surface area contributed by atoms with Crippen LogP contribution in [0.5, 0.6) is 0 Å². The van der Waals surface area contributed by atoms with Crippen molar-refractivity contribution < 1.29 is 23.1 Å². The Kier molecular flexibility index (Phi) is 5.40. The van der Waals surface area contributed by atoms with Crippen molar-refractivity contribution in [1.29, 1.82) is 0 Å². The first-order valence-electron chi connectivity index (χ1n) is 7.32. The van der Waals surface area contributed by atoms with Gasteiger partial charge in [0.05, 0.1) is 11.4 Å². The number of hydrogen-bond donors (Lipinski definition) is 1. The highest BCUT2D eigenvalue weighted by molar-refractivity contribution is 7.89. The zero-order valence-electron chi connectivity index (χ0n) is 11.7. The van der Waals surface area contributed by atoms with Gasteiger partial charge in [0.15, 0.2) is 0 Å². The van der Waals surface area contributed by atoms with Crippen LogP contribution in [0, 0.1) is 0 Å². The van der Waals surface area contributed by atoms with E-state index in [1.54, 1.807) is 4.31 Å². The highest BCUT2D eigenvalue weighted by Crippen LogP contribution is 2.28. The van der Waals surface area contributed by atoms with E-state index in [0.29, 0.717) is 25.9 Å². The van der Waals surface area contributed by atoms with Crippen molar-refractivity contribution >= 4 is 16.0 Å². The standard InChI is InChI=1S/C13H23NO5S/c15-13(16)10-19-11-6-8-14(9-7-11)20(17,18)12-4-2-1-3-5-12/h11-12H,1-10H2,(H,15,16). The lowest BCUT2D eigenvalue weighted by atomic mass is 10.0. The lowest BCUT2D eigenvalue weighted by molar-refractivity contribution is -0.145. The molecule has 0 bridgehead atoms. The second-order valence-corrected chi connectivity index (χ2v) is 7.82. The van der Waals surface area contributed by atoms with Crippen molar-refractivity contribution in [1.82, 2.24) is 4.31 Å². The third kappa shape index (κ3) is 3.93. The van der Waals surface area contributed by atoms with Crippen molar-refractivity contribution in [2.24, 2.45) is 0 Å². The van der Waals surface area contributed by atoms with E-state index in [4.69, 9.17) is 9.84 Å². The molecule has 0 aromatic heterocycles. The molecular formula is C13H23NO5S. The van der Waals surface area contributed by atoms with Gasteiger partial charge in [0.2, 0.25) is 10.0 Å². The molecule has 6 nitrogen and oxygen atoms in total. The second-order valence-electron chi connectivity index (χ2n) is 5.61. The molecule has 0 aromatic rings. The summed E-state index contributed by atoms with van der Waals surface area (Å²) in [6.45, 7) is 0.590. The number of carbonyl (C=O) groups is 1. The maximum Gasteiger partial charge on any atom is 0.329 e. The van der Waals surface area contributed by atoms with Crippen molar-refractivity contribution in [2.45, 2.75) is 56.3 Å². The van der Waals surface area contributed by atoms with E-state index in [1.807, 2.05) is 0 Å². The van der Waals surface area contributed by atoms with Gasteiger partial charge < -0.3 is 9.84 Å². The third-order valence-corrected chi connectivity index (χ3v) is 6.58. The maximum absolute atomic E-state index is 12.5. The summed E-state index contributed by atoms with van der Waals surface area (Å²) < 4.78 is 31.8. The maximum atomic E-state index is 12.5. The number of hydrogen-bond acceptors (Lipinski definition) is 4. The number of ether oxygens (including phenoxy) is 1. The monoisotopic (exact) mass is 305 g/mol. The van der Waals surface area contributed by atoms with E-state index in [1.165, 1.54) is 0 Å². The average Bonchev–Trinajstić information content (AvgIpc) is 2.46. The number of aliphatic carboxylic acids is 1. The Bertz CT molecular complexity index is 422. The van der Waals surface area contributed by atoms with Gasteiger partial charge in [0, 0.05) is 13.1 Å². The number of piperidine rings is 1. The molecule has 20 heavy (non-hydrogen) atoms. The van der Waals surface area contributed by atoms with Crippen LogP contribution in [0.2, 0.25) is 0 Å². The molecular weight excluding hydrogens is 282 g/mol. The molecule has 7 heteroatoms. The molecule has 1 N–H and O–H groups in total. The molecule has 0 amide bonds. The predicted molar refractivity (Wildman–Crippen MR) is 74.0 cm³/mol. The highest BCUT2D eigenvalue weighted by atomic mass is 32.2. The van der Waals surface area contributed by atoms with Gasteiger partial charge in [0.25, 0.3) is 0 Å². The molecule has 0 atom stereocenters. The van der Waals surface area contributed by atoms with Gasteiger partial charge in [-0.3, -0.25) is 0 Å². The summed E-state index contributed by atoms with van der Waals surface area (Å²) >= 11 is 0. The minimum Gasteiger partial charge on any atom is -0.480 e. The van der Waals surface area contributed by atoms with Crippen LogP contribution in [0.1, 0.15) is 44.9 Å².